The van der Waals surface area contributed by atoms with Crippen molar-refractivity contribution in [1.29, 1.82) is 0 Å². The lowest BCUT2D eigenvalue weighted by molar-refractivity contribution is 0.0990. The maximum absolute atomic E-state index is 13.0. The number of Topliss-reactive ketones (excluding diaryl/α,β-unsaturated/α-hetero) is 2. The molecule has 4 rings (SSSR count). The smallest absolute Gasteiger partial charge is 0.257 e. The molecule has 2 aromatic carbocycles. The molecule has 0 bridgehead atoms. The second kappa shape index (κ2) is 8.46. The number of nitrogen functional groups attached to an aromatic ring is 1. The number of benzene rings is 2. The maximum atomic E-state index is 13.0. The number of hydrogen-bond donors (Lipinski definition) is 3. The van der Waals surface area contributed by atoms with Gasteiger partial charge < -0.3 is 25.4 Å². The van der Waals surface area contributed by atoms with Gasteiger partial charge in [0.05, 0.1) is 31.7 Å². The lowest BCUT2D eigenvalue weighted by Crippen LogP contribution is -2.20. The number of anilines is 1. The number of methoxy groups -OCH3 is 2. The van der Waals surface area contributed by atoms with Crippen molar-refractivity contribution in [2.75, 3.05) is 20.0 Å². The van der Waals surface area contributed by atoms with Crippen LogP contribution in [0.1, 0.15) is 26.4 Å². The van der Waals surface area contributed by atoms with Gasteiger partial charge >= 0.3 is 0 Å². The molecule has 0 radical (unpaired) electrons. The summed E-state index contributed by atoms with van der Waals surface area (Å²) in [6.07, 6.45) is 1.10. The third-order valence-corrected chi connectivity index (χ3v) is 5.00. The lowest BCUT2D eigenvalue weighted by atomic mass is 10.0. The fourth-order valence-corrected chi connectivity index (χ4v) is 3.32. The number of carbonyl (C=O) groups excluding carboxylic acids is 2. The topological polar surface area (TPSA) is 162 Å². The van der Waals surface area contributed by atoms with Gasteiger partial charge in [0.2, 0.25) is 5.95 Å². The molecule has 4 N–H and O–H groups in total. The van der Waals surface area contributed by atoms with Crippen LogP contribution in [0.5, 0.6) is 23.0 Å². The molecule has 33 heavy (non-hydrogen) atoms. The van der Waals surface area contributed by atoms with Gasteiger partial charge in [0, 0.05) is 17.2 Å². The summed E-state index contributed by atoms with van der Waals surface area (Å²) in [4.78, 5) is 30.2. The molecule has 0 unspecified atom stereocenters. The largest absolute Gasteiger partial charge is 0.504 e. The SMILES string of the molecule is COc1cc(C(=O)/C=c2/c(CC(=O)c3ccc(O)c(OC)c3)nc3nnc(N)n23)ccc1O. The molecule has 0 aliphatic carbocycles. The predicted molar refractivity (Wildman–Crippen MR) is 117 cm³/mol. The van der Waals surface area contributed by atoms with Crippen molar-refractivity contribution >= 4 is 29.4 Å². The van der Waals surface area contributed by atoms with Crippen molar-refractivity contribution in [3.05, 3.63) is 58.6 Å². The molecule has 11 nitrogen and oxygen atoms in total. The number of ether oxygens (including phenoxy) is 2. The highest BCUT2D eigenvalue weighted by atomic mass is 16.5. The van der Waals surface area contributed by atoms with E-state index in [1.807, 2.05) is 0 Å². The van der Waals surface area contributed by atoms with Crippen molar-refractivity contribution in [1.82, 2.24) is 19.6 Å². The number of carbonyl (C=O) groups is 2. The molecule has 0 fully saturated rings. The van der Waals surface area contributed by atoms with Crippen molar-refractivity contribution in [3.63, 3.8) is 0 Å². The summed E-state index contributed by atoms with van der Waals surface area (Å²) >= 11 is 0. The number of aromatic hydroxyl groups is 2. The zero-order valence-corrected chi connectivity index (χ0v) is 17.6. The van der Waals surface area contributed by atoms with Gasteiger partial charge in [0.15, 0.2) is 34.6 Å². The Morgan fingerprint density at radius 3 is 2.24 bits per heavy atom. The van der Waals surface area contributed by atoms with Crippen LogP contribution in [0, 0.1) is 0 Å². The number of imidazole rings is 1. The molecule has 168 valence electrons. The van der Waals surface area contributed by atoms with Crippen LogP contribution in [-0.2, 0) is 6.42 Å². The summed E-state index contributed by atoms with van der Waals surface area (Å²) in [6, 6.07) is 8.40. The van der Waals surface area contributed by atoms with Gasteiger partial charge in [-0.15, -0.1) is 10.2 Å². The minimum atomic E-state index is -0.435. The van der Waals surface area contributed by atoms with Crippen molar-refractivity contribution in [2.45, 2.75) is 6.42 Å². The fourth-order valence-electron chi connectivity index (χ4n) is 3.32. The van der Waals surface area contributed by atoms with E-state index in [1.165, 1.54) is 61.1 Å². The third kappa shape index (κ3) is 3.99. The zero-order valence-electron chi connectivity index (χ0n) is 17.6. The number of aromatic nitrogens is 4. The predicted octanol–water partition coefficient (Wildman–Crippen LogP) is 0.943. The van der Waals surface area contributed by atoms with Crippen LogP contribution in [0.4, 0.5) is 5.95 Å². The molecule has 11 heteroatoms. The van der Waals surface area contributed by atoms with Crippen LogP contribution in [0.2, 0.25) is 0 Å². The molecular weight excluding hydrogens is 430 g/mol. The van der Waals surface area contributed by atoms with Gasteiger partial charge in [-0.1, -0.05) is 0 Å². The molecule has 0 aliphatic heterocycles. The molecule has 2 heterocycles. The first-order valence-corrected chi connectivity index (χ1v) is 9.64. The van der Waals surface area contributed by atoms with Gasteiger partial charge in [-0.05, 0) is 36.4 Å². The van der Waals surface area contributed by atoms with Crippen LogP contribution in [0.3, 0.4) is 0 Å². The molecular formula is C22H19N5O6. The van der Waals surface area contributed by atoms with Crippen molar-refractivity contribution in [3.8, 4) is 23.0 Å². The normalized spacial score (nSPS) is 11.6. The number of phenols is 2. The second-order valence-electron chi connectivity index (χ2n) is 7.02. The highest BCUT2D eigenvalue weighted by Gasteiger charge is 2.19. The van der Waals surface area contributed by atoms with E-state index in [4.69, 9.17) is 15.2 Å². The summed E-state index contributed by atoms with van der Waals surface area (Å²) in [6.45, 7) is 0. The lowest BCUT2D eigenvalue weighted by Gasteiger charge is -2.06. The van der Waals surface area contributed by atoms with E-state index in [0.717, 1.165) is 0 Å². The molecule has 0 saturated heterocycles. The Labute approximate surface area is 186 Å². The van der Waals surface area contributed by atoms with Gasteiger partial charge in [0.25, 0.3) is 5.78 Å². The number of nitrogens with zero attached hydrogens (tertiary/aromatic N) is 4. The minimum absolute atomic E-state index is 0.00448. The summed E-state index contributed by atoms with van der Waals surface area (Å²) < 4.78 is 11.5. The summed E-state index contributed by atoms with van der Waals surface area (Å²) in [5.74, 6) is -0.523. The molecule has 0 atom stereocenters. The molecule has 2 aromatic heterocycles. The van der Waals surface area contributed by atoms with Crippen LogP contribution in [0.25, 0.3) is 11.9 Å². The van der Waals surface area contributed by atoms with E-state index >= 15 is 0 Å². The van der Waals surface area contributed by atoms with E-state index in [0.29, 0.717) is 0 Å². The minimum Gasteiger partial charge on any atom is -0.504 e. The van der Waals surface area contributed by atoms with Gasteiger partial charge in [0.1, 0.15) is 0 Å². The average molecular weight is 449 g/mol. The fraction of sp³-hybridized carbons (Fsp3) is 0.136. The number of phenolic OH excluding ortho intramolecular Hbond substituents is 2. The van der Waals surface area contributed by atoms with Crippen LogP contribution in [-0.4, -0.2) is 55.6 Å². The third-order valence-electron chi connectivity index (χ3n) is 5.00. The number of nitrogens with two attached hydrogens (primary N) is 1. The highest BCUT2D eigenvalue weighted by Crippen LogP contribution is 2.27. The first-order chi connectivity index (χ1) is 15.8. The van der Waals surface area contributed by atoms with Gasteiger partial charge in [-0.3, -0.25) is 9.59 Å². The van der Waals surface area contributed by atoms with Crippen LogP contribution >= 0.6 is 0 Å². The van der Waals surface area contributed by atoms with E-state index < -0.39 is 5.78 Å². The zero-order chi connectivity index (χ0) is 23.7. The summed E-state index contributed by atoms with van der Waals surface area (Å²) in [5.41, 5.74) is 6.70. The highest BCUT2D eigenvalue weighted by molar-refractivity contribution is 6.17. The van der Waals surface area contributed by atoms with Crippen molar-refractivity contribution in [2.24, 2.45) is 0 Å². The molecule has 0 aliphatic rings. The van der Waals surface area contributed by atoms with E-state index in [1.54, 1.807) is 0 Å². The van der Waals surface area contributed by atoms with Gasteiger partial charge in [-0.2, -0.15) is 0 Å². The summed E-state index contributed by atoms with van der Waals surface area (Å²) in [5, 5.41) is 27.4. The molecule has 0 spiro atoms. The van der Waals surface area contributed by atoms with Crippen LogP contribution in [0.15, 0.2) is 36.4 Å². The Balaban J connectivity index is 1.76. The van der Waals surface area contributed by atoms with E-state index in [2.05, 4.69) is 15.2 Å². The maximum Gasteiger partial charge on any atom is 0.257 e. The monoisotopic (exact) mass is 449 g/mol. The number of fused-ring (bicyclic) bond motifs is 1. The number of rotatable bonds is 7. The number of ketones is 2. The Morgan fingerprint density at radius 1 is 1.00 bits per heavy atom. The van der Waals surface area contributed by atoms with Crippen LogP contribution < -0.4 is 20.6 Å². The summed E-state index contributed by atoms with van der Waals surface area (Å²) in [7, 11) is 2.75. The first kappa shape index (κ1) is 21.6. The Hall–Kier alpha value is -4.67. The van der Waals surface area contributed by atoms with E-state index in [-0.39, 0.29) is 69.1 Å². The second-order valence-corrected chi connectivity index (χ2v) is 7.02. The average Bonchev–Trinajstić information content (AvgIpc) is 3.33. The Bertz CT molecular complexity index is 1450. The Kier molecular flexibility index (Phi) is 5.53. The molecule has 0 amide bonds. The number of hydrogen-bond acceptors (Lipinski definition) is 10. The molecule has 4 aromatic rings. The standard InChI is InChI=1S/C22H19N5O6/c1-32-19-7-11(3-5-15(19)28)17(30)9-13-14(27-21(23)25-26-22(27)24-13)10-18(31)12-4-6-16(29)20(8-12)33-2/h3-8,10,28-29H,9H2,1-2H3,(H2,23,25)/b14-10-. The van der Waals surface area contributed by atoms with Crippen molar-refractivity contribution < 1.29 is 29.3 Å². The molecule has 0 saturated carbocycles. The quantitative estimate of drug-likeness (QED) is 0.346. The first-order valence-electron chi connectivity index (χ1n) is 9.64. The Morgan fingerprint density at radius 2 is 1.61 bits per heavy atom. The van der Waals surface area contributed by atoms with Gasteiger partial charge in [-0.25, -0.2) is 9.38 Å². The van der Waals surface area contributed by atoms with E-state index in [9.17, 15) is 19.8 Å².